The third-order valence-corrected chi connectivity index (χ3v) is 3.51. The summed E-state index contributed by atoms with van der Waals surface area (Å²) in [7, 11) is 1.55. The third kappa shape index (κ3) is 3.40. The Morgan fingerprint density at radius 3 is 2.70 bits per heavy atom. The number of amides is 2. The Balaban J connectivity index is 1.96. The van der Waals surface area contributed by atoms with E-state index in [1.165, 1.54) is 0 Å². The van der Waals surface area contributed by atoms with Gasteiger partial charge < -0.3 is 20.5 Å². The van der Waals surface area contributed by atoms with Gasteiger partial charge in [0.15, 0.2) is 0 Å². The Bertz CT molecular complexity index is 512. The number of carboxylic acid groups (broad SMARTS) is 1. The minimum atomic E-state index is -0.897. The molecule has 1 aromatic rings. The highest BCUT2D eigenvalue weighted by Gasteiger charge is 2.40. The van der Waals surface area contributed by atoms with Crippen LogP contribution >= 0.6 is 0 Å². The Hall–Kier alpha value is -2.24. The van der Waals surface area contributed by atoms with Crippen LogP contribution in [0.5, 0.6) is 5.75 Å². The van der Waals surface area contributed by atoms with Crippen molar-refractivity contribution in [3.63, 3.8) is 0 Å². The van der Waals surface area contributed by atoms with E-state index in [4.69, 9.17) is 9.84 Å². The van der Waals surface area contributed by atoms with E-state index in [0.717, 1.165) is 6.42 Å². The van der Waals surface area contributed by atoms with Gasteiger partial charge in [-0.2, -0.15) is 0 Å². The van der Waals surface area contributed by atoms with Crippen molar-refractivity contribution in [3.05, 3.63) is 24.3 Å². The minimum Gasteiger partial charge on any atom is -0.497 e. The average molecular weight is 278 g/mol. The first-order chi connectivity index (χ1) is 9.53. The lowest BCUT2D eigenvalue weighted by Crippen LogP contribution is -2.55. The fraction of sp³-hybridized carbons (Fsp3) is 0.429. The molecule has 1 aliphatic rings. The van der Waals surface area contributed by atoms with Crippen molar-refractivity contribution in [1.29, 1.82) is 0 Å². The predicted molar refractivity (Wildman–Crippen MR) is 74.0 cm³/mol. The quantitative estimate of drug-likeness (QED) is 0.770. The molecule has 1 fully saturated rings. The Labute approximate surface area is 117 Å². The topological polar surface area (TPSA) is 87.7 Å². The maximum Gasteiger partial charge on any atom is 0.319 e. The van der Waals surface area contributed by atoms with Gasteiger partial charge in [0.2, 0.25) is 0 Å². The van der Waals surface area contributed by atoms with Crippen LogP contribution in [0.3, 0.4) is 0 Å². The number of carboxylic acids is 1. The molecule has 6 heteroatoms. The van der Waals surface area contributed by atoms with Gasteiger partial charge in [-0.3, -0.25) is 4.79 Å². The molecule has 0 heterocycles. The summed E-state index contributed by atoms with van der Waals surface area (Å²) in [5, 5.41) is 14.4. The number of carbonyl (C=O) groups excluding carboxylic acids is 1. The first-order valence-corrected chi connectivity index (χ1v) is 6.48. The molecular formula is C14H18N2O4. The van der Waals surface area contributed by atoms with Crippen molar-refractivity contribution in [2.24, 2.45) is 0 Å². The van der Waals surface area contributed by atoms with Gasteiger partial charge in [0, 0.05) is 11.8 Å². The number of hydrogen-bond acceptors (Lipinski definition) is 3. The zero-order valence-corrected chi connectivity index (χ0v) is 11.3. The predicted octanol–water partition coefficient (Wildman–Crippen LogP) is 2.21. The lowest BCUT2D eigenvalue weighted by atomic mass is 9.74. The summed E-state index contributed by atoms with van der Waals surface area (Å²) >= 11 is 0. The molecule has 20 heavy (non-hydrogen) atoms. The van der Waals surface area contributed by atoms with E-state index in [1.54, 1.807) is 31.4 Å². The van der Waals surface area contributed by atoms with E-state index in [9.17, 15) is 9.59 Å². The number of nitrogens with one attached hydrogen (secondary N) is 2. The Morgan fingerprint density at radius 1 is 1.40 bits per heavy atom. The fourth-order valence-corrected chi connectivity index (χ4v) is 2.34. The van der Waals surface area contributed by atoms with E-state index in [2.05, 4.69) is 10.6 Å². The average Bonchev–Trinajstić information content (AvgIpc) is 2.35. The van der Waals surface area contributed by atoms with Crippen molar-refractivity contribution in [1.82, 2.24) is 5.32 Å². The number of carbonyl (C=O) groups is 2. The Kier molecular flexibility index (Phi) is 4.12. The number of methoxy groups -OCH3 is 1. The second-order valence-electron chi connectivity index (χ2n) is 5.02. The minimum absolute atomic E-state index is 0.0431. The maximum absolute atomic E-state index is 11.9. The van der Waals surface area contributed by atoms with E-state index >= 15 is 0 Å². The van der Waals surface area contributed by atoms with Crippen molar-refractivity contribution < 1.29 is 19.4 Å². The Morgan fingerprint density at radius 2 is 2.15 bits per heavy atom. The monoisotopic (exact) mass is 278 g/mol. The molecule has 0 aromatic heterocycles. The van der Waals surface area contributed by atoms with E-state index in [0.29, 0.717) is 24.3 Å². The van der Waals surface area contributed by atoms with Crippen molar-refractivity contribution in [2.45, 2.75) is 31.2 Å². The molecule has 0 spiro atoms. The second kappa shape index (κ2) is 5.81. The third-order valence-electron chi connectivity index (χ3n) is 3.51. The van der Waals surface area contributed by atoms with Crippen molar-refractivity contribution in [2.75, 3.05) is 12.4 Å². The van der Waals surface area contributed by atoms with Crippen LogP contribution in [-0.4, -0.2) is 29.8 Å². The molecule has 6 nitrogen and oxygen atoms in total. The molecule has 0 bridgehead atoms. The summed E-state index contributed by atoms with van der Waals surface area (Å²) < 4.78 is 5.07. The van der Waals surface area contributed by atoms with Gasteiger partial charge in [0.1, 0.15) is 5.75 Å². The van der Waals surface area contributed by atoms with E-state index in [1.807, 2.05) is 0 Å². The lowest BCUT2D eigenvalue weighted by molar-refractivity contribution is -0.139. The molecule has 0 aliphatic heterocycles. The normalized spacial score (nSPS) is 15.8. The fourth-order valence-electron chi connectivity index (χ4n) is 2.34. The van der Waals surface area contributed by atoms with Crippen LogP contribution in [0, 0.1) is 0 Å². The van der Waals surface area contributed by atoms with Crippen LogP contribution in [0.15, 0.2) is 24.3 Å². The van der Waals surface area contributed by atoms with Gasteiger partial charge in [0.25, 0.3) is 0 Å². The molecular weight excluding hydrogens is 260 g/mol. The van der Waals surface area contributed by atoms with Crippen molar-refractivity contribution >= 4 is 17.7 Å². The molecule has 0 unspecified atom stereocenters. The first-order valence-electron chi connectivity index (χ1n) is 6.48. The number of hydrogen-bond donors (Lipinski definition) is 3. The molecule has 0 radical (unpaired) electrons. The summed E-state index contributed by atoms with van der Waals surface area (Å²) in [6.07, 6.45) is 2.29. The molecule has 1 aromatic carbocycles. The van der Waals surface area contributed by atoms with Crippen LogP contribution < -0.4 is 15.4 Å². The van der Waals surface area contributed by atoms with Crippen LogP contribution in [0.1, 0.15) is 25.7 Å². The summed E-state index contributed by atoms with van der Waals surface area (Å²) in [6.45, 7) is 0. The van der Waals surface area contributed by atoms with Crippen LogP contribution in [0.4, 0.5) is 10.5 Å². The van der Waals surface area contributed by atoms with Crippen molar-refractivity contribution in [3.8, 4) is 5.75 Å². The molecule has 1 saturated carbocycles. The van der Waals surface area contributed by atoms with Crippen LogP contribution in [0.25, 0.3) is 0 Å². The maximum atomic E-state index is 11.9. The highest BCUT2D eigenvalue weighted by atomic mass is 16.5. The number of rotatable bonds is 5. The van der Waals surface area contributed by atoms with Gasteiger partial charge in [-0.25, -0.2) is 4.79 Å². The van der Waals surface area contributed by atoms with Gasteiger partial charge in [-0.1, -0.05) is 6.07 Å². The summed E-state index contributed by atoms with van der Waals surface area (Å²) in [5.74, 6) is -0.252. The number of ether oxygens (including phenoxy) is 1. The highest BCUT2D eigenvalue weighted by Crippen LogP contribution is 2.35. The molecule has 1 aliphatic carbocycles. The molecule has 108 valence electrons. The number of aliphatic carboxylic acids is 1. The number of benzene rings is 1. The largest absolute Gasteiger partial charge is 0.497 e. The zero-order chi connectivity index (χ0) is 14.6. The lowest BCUT2D eigenvalue weighted by Gasteiger charge is -2.41. The molecule has 2 amide bonds. The van der Waals surface area contributed by atoms with Gasteiger partial charge >= 0.3 is 12.0 Å². The standard InChI is InChI=1S/C14H18N2O4/c1-20-11-5-2-4-10(8-11)15-13(19)16-14(6-3-7-14)9-12(17)18/h2,4-5,8H,3,6-7,9H2,1H3,(H,17,18)(H2,15,16,19). The number of urea groups is 1. The molecule has 2 rings (SSSR count). The zero-order valence-electron chi connectivity index (χ0n) is 11.3. The number of anilines is 1. The van der Waals surface area contributed by atoms with Gasteiger partial charge in [-0.05, 0) is 31.4 Å². The van der Waals surface area contributed by atoms with Gasteiger partial charge in [-0.15, -0.1) is 0 Å². The first kappa shape index (κ1) is 14.2. The summed E-state index contributed by atoms with van der Waals surface area (Å²) in [4.78, 5) is 22.8. The second-order valence-corrected chi connectivity index (χ2v) is 5.02. The summed E-state index contributed by atoms with van der Waals surface area (Å²) in [5.41, 5.74) is 0.000981. The summed E-state index contributed by atoms with van der Waals surface area (Å²) in [6, 6.07) is 6.60. The highest BCUT2D eigenvalue weighted by molar-refractivity contribution is 5.90. The molecule has 3 N–H and O–H groups in total. The van der Waals surface area contributed by atoms with Crippen LogP contribution in [-0.2, 0) is 4.79 Å². The van der Waals surface area contributed by atoms with E-state index in [-0.39, 0.29) is 12.5 Å². The molecule has 0 saturated heterocycles. The van der Waals surface area contributed by atoms with E-state index < -0.39 is 11.5 Å². The SMILES string of the molecule is COc1cccc(NC(=O)NC2(CC(=O)O)CCC2)c1. The smallest absolute Gasteiger partial charge is 0.319 e. The molecule has 0 atom stereocenters. The van der Waals surface area contributed by atoms with Gasteiger partial charge in [0.05, 0.1) is 19.1 Å². The van der Waals surface area contributed by atoms with Crippen LogP contribution in [0.2, 0.25) is 0 Å².